The molecule has 1 N–H and O–H groups in total. The molecule has 0 aliphatic carbocycles. The average molecular weight is 423 g/mol. The van der Waals surface area contributed by atoms with Crippen LogP contribution in [0.15, 0.2) is 60.0 Å². The smallest absolute Gasteiger partial charge is 0.230 e. The molecule has 0 spiro atoms. The Morgan fingerprint density at radius 2 is 1.87 bits per heavy atom. The first-order chi connectivity index (χ1) is 14.7. The normalized spacial score (nSPS) is 15.5. The lowest BCUT2D eigenvalue weighted by Crippen LogP contribution is -2.48. The molecule has 0 radical (unpaired) electrons. The molecule has 6 heteroatoms. The first-order valence-electron chi connectivity index (χ1n) is 10.2. The van der Waals surface area contributed by atoms with E-state index in [1.54, 1.807) is 18.4 Å². The zero-order chi connectivity index (χ0) is 20.8. The molecule has 0 bridgehead atoms. The Morgan fingerprint density at radius 1 is 1.13 bits per heavy atom. The summed E-state index contributed by atoms with van der Waals surface area (Å²) in [6.07, 6.45) is 2.08. The number of thiazole rings is 1. The number of nitrogens with zero attached hydrogens (tertiary/aromatic N) is 1. The van der Waals surface area contributed by atoms with Gasteiger partial charge in [0.15, 0.2) is 0 Å². The highest BCUT2D eigenvalue weighted by Crippen LogP contribution is 2.36. The molecule has 1 saturated heterocycles. The van der Waals surface area contributed by atoms with Gasteiger partial charge in [-0.1, -0.05) is 42.5 Å². The summed E-state index contributed by atoms with van der Waals surface area (Å²) in [7, 11) is 1.65. The number of hydrogen-bond acceptors (Lipinski definition) is 5. The van der Waals surface area contributed by atoms with Crippen LogP contribution < -0.4 is 10.1 Å². The van der Waals surface area contributed by atoms with E-state index < -0.39 is 5.41 Å². The third kappa shape index (κ3) is 4.40. The predicted molar refractivity (Wildman–Crippen MR) is 119 cm³/mol. The quantitative estimate of drug-likeness (QED) is 0.619. The Balaban J connectivity index is 1.41. The molecule has 1 aromatic heterocycles. The lowest BCUT2D eigenvalue weighted by atomic mass is 9.73. The number of carbonyl (C=O) groups is 1. The SMILES string of the molecule is COc1ccc(C2(C(=O)NCCc3nc(-c4ccccc4)cs3)CCOCC2)cc1. The fraction of sp³-hybridized carbons (Fsp3) is 0.333. The fourth-order valence-electron chi connectivity index (χ4n) is 3.90. The molecule has 1 aliphatic rings. The number of nitrogens with one attached hydrogen (secondary N) is 1. The van der Waals surface area contributed by atoms with E-state index in [0.29, 0.717) is 32.6 Å². The van der Waals surface area contributed by atoms with Crippen molar-refractivity contribution >= 4 is 17.2 Å². The van der Waals surface area contributed by atoms with Gasteiger partial charge in [-0.25, -0.2) is 4.98 Å². The van der Waals surface area contributed by atoms with Crippen molar-refractivity contribution in [2.75, 3.05) is 26.9 Å². The van der Waals surface area contributed by atoms with Crippen LogP contribution in [0.5, 0.6) is 5.75 Å². The van der Waals surface area contributed by atoms with Crippen molar-refractivity contribution in [2.24, 2.45) is 0 Å². The van der Waals surface area contributed by atoms with E-state index in [9.17, 15) is 4.79 Å². The molecule has 3 aromatic rings. The molecule has 5 nitrogen and oxygen atoms in total. The van der Waals surface area contributed by atoms with Crippen LogP contribution in [0, 0.1) is 0 Å². The van der Waals surface area contributed by atoms with E-state index in [2.05, 4.69) is 22.8 Å². The standard InChI is InChI=1S/C24H26N2O3S/c1-28-20-9-7-19(8-10-20)24(12-15-29-16-13-24)23(27)25-14-11-22-26-21(17-30-22)18-5-3-2-4-6-18/h2-10,17H,11-16H2,1H3,(H,25,27). The lowest BCUT2D eigenvalue weighted by Gasteiger charge is -2.36. The number of carbonyl (C=O) groups excluding carboxylic acids is 1. The molecule has 2 aromatic carbocycles. The molecular formula is C24H26N2O3S. The van der Waals surface area contributed by atoms with Crippen LogP contribution in [0.4, 0.5) is 0 Å². The summed E-state index contributed by atoms with van der Waals surface area (Å²) in [6, 6.07) is 18.0. The van der Waals surface area contributed by atoms with Gasteiger partial charge in [0.05, 0.1) is 23.2 Å². The van der Waals surface area contributed by atoms with Gasteiger partial charge in [-0.05, 0) is 30.5 Å². The van der Waals surface area contributed by atoms with Gasteiger partial charge in [0.1, 0.15) is 5.75 Å². The summed E-state index contributed by atoms with van der Waals surface area (Å²) in [5.41, 5.74) is 2.57. The molecule has 0 unspecified atom stereocenters. The Hall–Kier alpha value is -2.70. The van der Waals surface area contributed by atoms with Crippen LogP contribution in [-0.2, 0) is 21.4 Å². The van der Waals surface area contributed by atoms with Crippen LogP contribution in [0.1, 0.15) is 23.4 Å². The molecule has 1 amide bonds. The van der Waals surface area contributed by atoms with E-state index in [4.69, 9.17) is 14.5 Å². The van der Waals surface area contributed by atoms with E-state index in [0.717, 1.165) is 34.0 Å². The number of ether oxygens (including phenoxy) is 2. The van der Waals surface area contributed by atoms with Gasteiger partial charge in [-0.2, -0.15) is 0 Å². The van der Waals surface area contributed by atoms with Gasteiger partial charge < -0.3 is 14.8 Å². The van der Waals surface area contributed by atoms with E-state index in [1.165, 1.54) is 0 Å². The second-order valence-corrected chi connectivity index (χ2v) is 8.36. The van der Waals surface area contributed by atoms with Gasteiger partial charge in [-0.3, -0.25) is 4.79 Å². The van der Waals surface area contributed by atoms with Crippen LogP contribution >= 0.6 is 11.3 Å². The summed E-state index contributed by atoms with van der Waals surface area (Å²) < 4.78 is 10.8. The number of aromatic nitrogens is 1. The maximum absolute atomic E-state index is 13.3. The molecule has 156 valence electrons. The summed E-state index contributed by atoms with van der Waals surface area (Å²) in [6.45, 7) is 1.75. The van der Waals surface area contributed by atoms with Gasteiger partial charge in [0.25, 0.3) is 0 Å². The zero-order valence-corrected chi connectivity index (χ0v) is 17.9. The van der Waals surface area contributed by atoms with Crippen molar-refractivity contribution in [1.82, 2.24) is 10.3 Å². The van der Waals surface area contributed by atoms with Crippen molar-refractivity contribution in [3.05, 3.63) is 70.5 Å². The topological polar surface area (TPSA) is 60.5 Å². The summed E-state index contributed by atoms with van der Waals surface area (Å²) in [4.78, 5) is 18.0. The fourth-order valence-corrected chi connectivity index (χ4v) is 4.70. The lowest BCUT2D eigenvalue weighted by molar-refractivity contribution is -0.130. The van der Waals surface area contributed by atoms with Crippen molar-refractivity contribution in [2.45, 2.75) is 24.7 Å². The third-order valence-electron chi connectivity index (χ3n) is 5.67. The van der Waals surface area contributed by atoms with Crippen molar-refractivity contribution < 1.29 is 14.3 Å². The van der Waals surface area contributed by atoms with Crippen LogP contribution in [0.2, 0.25) is 0 Å². The number of benzene rings is 2. The molecule has 0 atom stereocenters. The average Bonchev–Trinajstić information content (AvgIpc) is 3.29. The molecule has 1 aliphatic heterocycles. The largest absolute Gasteiger partial charge is 0.497 e. The number of hydrogen-bond donors (Lipinski definition) is 1. The Morgan fingerprint density at radius 3 is 2.57 bits per heavy atom. The number of amides is 1. The first kappa shape index (κ1) is 20.6. The summed E-state index contributed by atoms with van der Waals surface area (Å²) >= 11 is 1.63. The minimum absolute atomic E-state index is 0.0656. The Kier molecular flexibility index (Phi) is 6.45. The van der Waals surface area contributed by atoms with Crippen LogP contribution in [0.3, 0.4) is 0 Å². The summed E-state index contributed by atoms with van der Waals surface area (Å²) in [5, 5.41) is 6.26. The van der Waals surface area contributed by atoms with E-state index in [-0.39, 0.29) is 5.91 Å². The summed E-state index contributed by atoms with van der Waals surface area (Å²) in [5.74, 6) is 0.857. The van der Waals surface area contributed by atoms with Gasteiger partial charge in [0, 0.05) is 37.1 Å². The Bertz CT molecular complexity index is 964. The highest BCUT2D eigenvalue weighted by molar-refractivity contribution is 7.09. The van der Waals surface area contributed by atoms with Crippen LogP contribution in [-0.4, -0.2) is 37.8 Å². The zero-order valence-electron chi connectivity index (χ0n) is 17.1. The van der Waals surface area contributed by atoms with Gasteiger partial charge in [0.2, 0.25) is 5.91 Å². The number of methoxy groups -OCH3 is 1. The molecule has 0 saturated carbocycles. The number of rotatable bonds is 7. The molecule has 1 fully saturated rings. The minimum atomic E-state index is -0.553. The third-order valence-corrected chi connectivity index (χ3v) is 6.58. The molecular weight excluding hydrogens is 396 g/mol. The van der Waals surface area contributed by atoms with Gasteiger partial charge >= 0.3 is 0 Å². The van der Waals surface area contributed by atoms with E-state index in [1.807, 2.05) is 42.5 Å². The highest BCUT2D eigenvalue weighted by Gasteiger charge is 2.41. The molecule has 2 heterocycles. The van der Waals surface area contributed by atoms with Gasteiger partial charge in [-0.15, -0.1) is 11.3 Å². The Labute approximate surface area is 181 Å². The minimum Gasteiger partial charge on any atom is -0.497 e. The second kappa shape index (κ2) is 9.41. The predicted octanol–water partition coefficient (Wildman–Crippen LogP) is 4.23. The van der Waals surface area contributed by atoms with Crippen molar-refractivity contribution in [3.8, 4) is 17.0 Å². The highest BCUT2D eigenvalue weighted by atomic mass is 32.1. The molecule has 4 rings (SSSR count). The van der Waals surface area contributed by atoms with E-state index >= 15 is 0 Å². The van der Waals surface area contributed by atoms with Crippen molar-refractivity contribution in [1.29, 1.82) is 0 Å². The maximum Gasteiger partial charge on any atom is 0.230 e. The first-order valence-corrected chi connectivity index (χ1v) is 11.1. The van der Waals surface area contributed by atoms with Crippen LogP contribution in [0.25, 0.3) is 11.3 Å². The second-order valence-electron chi connectivity index (χ2n) is 7.42. The maximum atomic E-state index is 13.3. The monoisotopic (exact) mass is 422 g/mol. The van der Waals surface area contributed by atoms with Crippen molar-refractivity contribution in [3.63, 3.8) is 0 Å². The molecule has 30 heavy (non-hydrogen) atoms.